The molecule has 1 aromatic carbocycles. The molecule has 3 heterocycles. The van der Waals surface area contributed by atoms with Crippen LogP contribution in [0.1, 0.15) is 33.9 Å². The van der Waals surface area contributed by atoms with Crippen molar-refractivity contribution in [3.8, 4) is 11.9 Å². The number of aromatic amines is 2. The number of nitrogens with zero attached hydrogens (tertiary/aromatic N) is 2. The van der Waals surface area contributed by atoms with Crippen molar-refractivity contribution in [3.63, 3.8) is 0 Å². The van der Waals surface area contributed by atoms with Crippen LogP contribution in [-0.4, -0.2) is 15.2 Å². The Kier molecular flexibility index (Phi) is 3.37. The van der Waals surface area contributed by atoms with Gasteiger partial charge in [0, 0.05) is 27.7 Å². The summed E-state index contributed by atoms with van der Waals surface area (Å²) in [6.45, 7) is 5.80. The van der Waals surface area contributed by atoms with Crippen LogP contribution in [0.3, 0.4) is 0 Å². The van der Waals surface area contributed by atoms with E-state index in [4.69, 9.17) is 10.5 Å². The number of ether oxygens (including phenoxy) is 1. The van der Waals surface area contributed by atoms with Crippen molar-refractivity contribution in [2.45, 2.75) is 26.7 Å². The normalized spacial score (nSPS) is 16.3. The molecule has 0 unspecified atom stereocenters. The molecule has 4 rings (SSSR count). The van der Waals surface area contributed by atoms with Gasteiger partial charge in [-0.25, -0.2) is 0 Å². The highest BCUT2D eigenvalue weighted by molar-refractivity contribution is 5.83. The Morgan fingerprint density at radius 3 is 2.77 bits per heavy atom. The first kappa shape index (κ1) is 16.0. The lowest BCUT2D eigenvalue weighted by atomic mass is 9.84. The summed E-state index contributed by atoms with van der Waals surface area (Å²) in [6.07, 6.45) is 0. The van der Waals surface area contributed by atoms with E-state index in [1.54, 1.807) is 0 Å². The predicted molar refractivity (Wildman–Crippen MR) is 96.7 cm³/mol. The van der Waals surface area contributed by atoms with Crippen LogP contribution in [-0.2, 0) is 0 Å². The molecule has 0 amide bonds. The number of benzene rings is 1. The van der Waals surface area contributed by atoms with Crippen LogP contribution in [0.5, 0.6) is 5.88 Å². The van der Waals surface area contributed by atoms with Crippen LogP contribution in [0.15, 0.2) is 34.4 Å². The average Bonchev–Trinajstić information content (AvgIpc) is 2.93. The SMILES string of the molecule is Cc1cc(C)c2cc([C@@H]3C(C#N)=C(N)Oc4n[nH]c(C)c43)c(=O)[nH]c2c1. The van der Waals surface area contributed by atoms with Crippen molar-refractivity contribution in [2.75, 3.05) is 0 Å². The highest BCUT2D eigenvalue weighted by Crippen LogP contribution is 2.41. The molecule has 0 radical (unpaired) electrons. The van der Waals surface area contributed by atoms with Crippen LogP contribution in [0.25, 0.3) is 10.9 Å². The largest absolute Gasteiger partial charge is 0.420 e. The summed E-state index contributed by atoms with van der Waals surface area (Å²) in [5.41, 5.74) is 10.6. The van der Waals surface area contributed by atoms with Crippen molar-refractivity contribution in [1.82, 2.24) is 15.2 Å². The third kappa shape index (κ3) is 2.19. The number of nitrogens with one attached hydrogen (secondary N) is 2. The van der Waals surface area contributed by atoms with Gasteiger partial charge in [-0.1, -0.05) is 6.07 Å². The topological polar surface area (TPSA) is 121 Å². The molecule has 4 N–H and O–H groups in total. The molecule has 0 saturated heterocycles. The van der Waals surface area contributed by atoms with Gasteiger partial charge in [-0.15, -0.1) is 5.10 Å². The lowest BCUT2D eigenvalue weighted by molar-refractivity contribution is 0.378. The van der Waals surface area contributed by atoms with Crippen molar-refractivity contribution in [2.24, 2.45) is 5.73 Å². The standard InChI is InChI=1S/C19H17N5O2/c1-8-4-9(2)11-6-12(18(25)22-14(11)5-8)16-13(7-20)17(21)26-19-15(16)10(3)23-24-19/h4-6,16H,21H2,1-3H3,(H,22,25)(H,23,24)/t16-/m1/s1. The van der Waals surface area contributed by atoms with Crippen LogP contribution >= 0.6 is 0 Å². The first-order valence-electron chi connectivity index (χ1n) is 8.17. The maximum absolute atomic E-state index is 12.9. The number of aryl methyl sites for hydroxylation is 3. The number of nitriles is 1. The Balaban J connectivity index is 2.06. The fraction of sp³-hybridized carbons (Fsp3) is 0.211. The van der Waals surface area contributed by atoms with Crippen molar-refractivity contribution >= 4 is 10.9 Å². The molecule has 0 spiro atoms. The first-order valence-corrected chi connectivity index (χ1v) is 8.17. The van der Waals surface area contributed by atoms with E-state index in [0.29, 0.717) is 17.0 Å². The quantitative estimate of drug-likeness (QED) is 0.624. The minimum atomic E-state index is -0.628. The molecule has 0 saturated carbocycles. The van der Waals surface area contributed by atoms with Gasteiger partial charge in [-0.3, -0.25) is 9.89 Å². The number of allylic oxidation sites excluding steroid dienone is 1. The summed E-state index contributed by atoms with van der Waals surface area (Å²) in [5.74, 6) is -0.364. The summed E-state index contributed by atoms with van der Waals surface area (Å²) in [4.78, 5) is 15.8. The lowest BCUT2D eigenvalue weighted by Gasteiger charge is -2.23. The zero-order valence-corrected chi connectivity index (χ0v) is 14.6. The van der Waals surface area contributed by atoms with Crippen molar-refractivity contribution in [1.29, 1.82) is 5.26 Å². The van der Waals surface area contributed by atoms with E-state index in [-0.39, 0.29) is 17.0 Å². The van der Waals surface area contributed by atoms with Crippen molar-refractivity contribution < 1.29 is 4.74 Å². The van der Waals surface area contributed by atoms with Gasteiger partial charge < -0.3 is 15.5 Å². The van der Waals surface area contributed by atoms with Gasteiger partial charge >= 0.3 is 0 Å². The van der Waals surface area contributed by atoms with Gasteiger partial charge in [0.25, 0.3) is 5.56 Å². The monoisotopic (exact) mass is 347 g/mol. The van der Waals surface area contributed by atoms with Crippen LogP contribution < -0.4 is 16.0 Å². The summed E-state index contributed by atoms with van der Waals surface area (Å²) in [7, 11) is 0. The summed E-state index contributed by atoms with van der Waals surface area (Å²) < 4.78 is 5.45. The maximum Gasteiger partial charge on any atom is 0.252 e. The third-order valence-electron chi connectivity index (χ3n) is 4.78. The van der Waals surface area contributed by atoms with Gasteiger partial charge in [0.1, 0.15) is 11.6 Å². The average molecular weight is 347 g/mol. The second-order valence-electron chi connectivity index (χ2n) is 6.59. The summed E-state index contributed by atoms with van der Waals surface area (Å²) in [6, 6.07) is 7.91. The zero-order valence-electron chi connectivity index (χ0n) is 14.6. The lowest BCUT2D eigenvalue weighted by Crippen LogP contribution is -2.25. The number of hydrogen-bond donors (Lipinski definition) is 3. The Hall–Kier alpha value is -3.53. The van der Waals surface area contributed by atoms with Crippen LogP contribution in [0.2, 0.25) is 0 Å². The Morgan fingerprint density at radius 2 is 2.04 bits per heavy atom. The molecule has 26 heavy (non-hydrogen) atoms. The van der Waals surface area contributed by atoms with Crippen molar-refractivity contribution in [3.05, 3.63) is 68.0 Å². The predicted octanol–water partition coefficient (Wildman–Crippen LogP) is 2.39. The number of aromatic nitrogens is 3. The fourth-order valence-electron chi connectivity index (χ4n) is 3.61. The van der Waals surface area contributed by atoms with E-state index >= 15 is 0 Å². The zero-order chi connectivity index (χ0) is 18.6. The van der Waals surface area contributed by atoms with Gasteiger partial charge in [0.2, 0.25) is 11.8 Å². The molecule has 7 heteroatoms. The molecule has 7 nitrogen and oxygen atoms in total. The molecule has 3 aromatic rings. The number of hydrogen-bond acceptors (Lipinski definition) is 5. The van der Waals surface area contributed by atoms with E-state index in [1.807, 2.05) is 32.9 Å². The second kappa shape index (κ2) is 5.49. The minimum Gasteiger partial charge on any atom is -0.420 e. The minimum absolute atomic E-state index is 0.0309. The van der Waals surface area contributed by atoms with E-state index < -0.39 is 5.92 Å². The van der Waals surface area contributed by atoms with Crippen LogP contribution in [0, 0.1) is 32.1 Å². The highest BCUT2D eigenvalue weighted by atomic mass is 16.5. The molecule has 1 aliphatic heterocycles. The van der Waals surface area contributed by atoms with E-state index in [0.717, 1.165) is 27.7 Å². The summed E-state index contributed by atoms with van der Waals surface area (Å²) >= 11 is 0. The first-order chi connectivity index (χ1) is 12.4. The molecular formula is C19H17N5O2. The van der Waals surface area contributed by atoms with E-state index in [1.165, 1.54) is 0 Å². The van der Waals surface area contributed by atoms with Gasteiger partial charge in [0.15, 0.2) is 0 Å². The van der Waals surface area contributed by atoms with Gasteiger partial charge in [-0.05, 0) is 44.0 Å². The van der Waals surface area contributed by atoms with E-state index in [9.17, 15) is 10.1 Å². The smallest absolute Gasteiger partial charge is 0.252 e. The number of pyridine rings is 1. The number of nitrogens with two attached hydrogens (primary N) is 1. The maximum atomic E-state index is 12.9. The number of rotatable bonds is 1. The van der Waals surface area contributed by atoms with E-state index in [2.05, 4.69) is 27.3 Å². The highest BCUT2D eigenvalue weighted by Gasteiger charge is 2.35. The van der Waals surface area contributed by atoms with Gasteiger partial charge in [-0.2, -0.15) is 5.26 Å². The molecule has 1 aliphatic rings. The second-order valence-corrected chi connectivity index (χ2v) is 6.59. The van der Waals surface area contributed by atoms with Gasteiger partial charge in [0.05, 0.1) is 5.92 Å². The van der Waals surface area contributed by atoms with Crippen LogP contribution in [0.4, 0.5) is 0 Å². The molecule has 0 fully saturated rings. The number of H-pyrrole nitrogens is 2. The molecule has 1 atom stereocenters. The molecule has 130 valence electrons. The summed E-state index contributed by atoms with van der Waals surface area (Å²) in [5, 5.41) is 17.5. The Morgan fingerprint density at radius 1 is 1.27 bits per heavy atom. The third-order valence-corrected chi connectivity index (χ3v) is 4.78. The fourth-order valence-corrected chi connectivity index (χ4v) is 3.61. The molecular weight excluding hydrogens is 330 g/mol. The molecule has 0 bridgehead atoms. The Labute approximate surface area is 149 Å². The molecule has 2 aromatic heterocycles. The molecule has 0 aliphatic carbocycles. The number of fused-ring (bicyclic) bond motifs is 2. The Bertz CT molecular complexity index is 1190.